The lowest BCUT2D eigenvalue weighted by molar-refractivity contribution is 0.279. The summed E-state index contributed by atoms with van der Waals surface area (Å²) in [6.07, 6.45) is 3.69. The van der Waals surface area contributed by atoms with Crippen molar-refractivity contribution in [3.05, 3.63) is 0 Å². The Morgan fingerprint density at radius 2 is 1.55 bits per heavy atom. The molecule has 0 radical (unpaired) electrons. The molecule has 0 saturated heterocycles. The number of hydrogen-bond acceptors (Lipinski definition) is 3. The third-order valence-corrected chi connectivity index (χ3v) is 2.94. The maximum Gasteiger partial charge on any atom is 0.211 e. The molecule has 0 atom stereocenters. The molecule has 0 aromatic rings. The van der Waals surface area contributed by atoms with Crippen molar-refractivity contribution < 1.29 is 13.5 Å². The molecular formula is C6H13NO3S. The van der Waals surface area contributed by atoms with Crippen LogP contribution in [0.2, 0.25) is 0 Å². The van der Waals surface area contributed by atoms with Crippen molar-refractivity contribution in [2.75, 3.05) is 0 Å². The first-order valence-electron chi connectivity index (χ1n) is 3.70. The van der Waals surface area contributed by atoms with E-state index < -0.39 is 10.0 Å². The van der Waals surface area contributed by atoms with Gasteiger partial charge in [-0.2, -0.15) is 0 Å². The molecule has 0 aromatic heterocycles. The van der Waals surface area contributed by atoms with Crippen molar-refractivity contribution in [2.24, 2.45) is 5.14 Å². The van der Waals surface area contributed by atoms with E-state index in [1.54, 1.807) is 0 Å². The number of primary sulfonamides is 1. The van der Waals surface area contributed by atoms with Gasteiger partial charge in [-0.1, -0.05) is 0 Å². The van der Waals surface area contributed by atoms with E-state index in [1.165, 1.54) is 0 Å². The summed E-state index contributed by atoms with van der Waals surface area (Å²) in [5.41, 5.74) is 0. The summed E-state index contributed by atoms with van der Waals surface area (Å²) >= 11 is 0. The number of rotatable bonds is 1. The minimum Gasteiger partial charge on any atom is -0.393 e. The summed E-state index contributed by atoms with van der Waals surface area (Å²) in [6.45, 7) is 0. The predicted molar refractivity (Wildman–Crippen MR) is 41.4 cm³/mol. The van der Waals surface area contributed by atoms with Crippen LogP contribution in [-0.2, 0) is 10.0 Å². The van der Waals surface area contributed by atoms with Crippen LogP contribution in [0.1, 0.15) is 25.7 Å². The quantitative estimate of drug-likeness (QED) is 0.573. The molecule has 2 fully saturated rings. The summed E-state index contributed by atoms with van der Waals surface area (Å²) < 4.78 is 20.3. The van der Waals surface area contributed by atoms with Gasteiger partial charge in [0.25, 0.3) is 0 Å². The Kier molecular flexibility index (Phi) is 2.51. The van der Waals surface area contributed by atoms with Crippen molar-refractivity contribution in [1.29, 1.82) is 0 Å². The lowest BCUT2D eigenvalue weighted by Crippen LogP contribution is -2.16. The van der Waals surface area contributed by atoms with Crippen LogP contribution in [0.25, 0.3) is 0 Å². The molecule has 2 rings (SSSR count). The maximum atomic E-state index is 10.2. The number of aliphatic hydroxyl groups excluding tert-OH is 1. The summed E-state index contributed by atoms with van der Waals surface area (Å²) in [7, 11) is -3.13. The van der Waals surface area contributed by atoms with E-state index in [1.807, 2.05) is 0 Å². The van der Waals surface area contributed by atoms with E-state index in [0.29, 0.717) is 0 Å². The van der Waals surface area contributed by atoms with E-state index in [0.717, 1.165) is 25.7 Å². The van der Waals surface area contributed by atoms with Gasteiger partial charge in [0.15, 0.2) is 0 Å². The largest absolute Gasteiger partial charge is 0.393 e. The van der Waals surface area contributed by atoms with Gasteiger partial charge in [0.1, 0.15) is 0 Å². The Labute approximate surface area is 66.5 Å². The minimum absolute atomic E-state index is 0.0833. The average Bonchev–Trinajstić information content (AvgIpc) is 2.54. The molecule has 2 saturated carbocycles. The van der Waals surface area contributed by atoms with Crippen LogP contribution in [0, 0.1) is 0 Å². The molecule has 2 aliphatic carbocycles. The molecule has 0 spiro atoms. The Morgan fingerprint density at radius 1 is 1.18 bits per heavy atom. The highest BCUT2D eigenvalue weighted by Gasteiger charge is 2.32. The molecule has 66 valence electrons. The van der Waals surface area contributed by atoms with E-state index >= 15 is 0 Å². The van der Waals surface area contributed by atoms with Crippen molar-refractivity contribution in [3.8, 4) is 0 Å². The zero-order valence-corrected chi connectivity index (χ0v) is 7.05. The van der Waals surface area contributed by atoms with Gasteiger partial charge in [-0.3, -0.25) is 0 Å². The molecule has 3 N–H and O–H groups in total. The predicted octanol–water partition coefficient (Wildman–Crippen LogP) is -0.422. The fourth-order valence-corrected chi connectivity index (χ4v) is 1.26. The SMILES string of the molecule is NS(=O)(=O)C1CC1.OC1CC1. The molecule has 0 unspecified atom stereocenters. The normalized spacial score (nSPS) is 23.8. The van der Waals surface area contributed by atoms with Gasteiger partial charge in [-0.15, -0.1) is 0 Å². The zero-order valence-electron chi connectivity index (χ0n) is 6.23. The van der Waals surface area contributed by atoms with Crippen LogP contribution in [0.15, 0.2) is 0 Å². The maximum absolute atomic E-state index is 10.2. The van der Waals surface area contributed by atoms with E-state index in [4.69, 9.17) is 10.2 Å². The number of aliphatic hydroxyl groups is 1. The molecule has 0 heterocycles. The first-order valence-corrected chi connectivity index (χ1v) is 5.31. The zero-order chi connectivity index (χ0) is 8.48. The van der Waals surface area contributed by atoms with Crippen molar-refractivity contribution >= 4 is 10.0 Å². The highest BCUT2D eigenvalue weighted by molar-refractivity contribution is 7.90. The van der Waals surface area contributed by atoms with E-state index in [-0.39, 0.29) is 11.4 Å². The average molecular weight is 179 g/mol. The number of sulfonamides is 1. The third-order valence-electron chi connectivity index (χ3n) is 1.54. The topological polar surface area (TPSA) is 80.4 Å². The van der Waals surface area contributed by atoms with Gasteiger partial charge >= 0.3 is 0 Å². The second kappa shape index (κ2) is 3.08. The van der Waals surface area contributed by atoms with Crippen molar-refractivity contribution in [3.63, 3.8) is 0 Å². The fourth-order valence-electron chi connectivity index (χ4n) is 0.471. The van der Waals surface area contributed by atoms with Gasteiger partial charge in [0.2, 0.25) is 10.0 Å². The van der Waals surface area contributed by atoms with Crippen LogP contribution in [0.4, 0.5) is 0 Å². The lowest BCUT2D eigenvalue weighted by Gasteiger charge is -1.84. The Hall–Kier alpha value is -0.130. The summed E-state index contributed by atoms with van der Waals surface area (Å²) in [5.74, 6) is 0. The van der Waals surface area contributed by atoms with E-state index in [2.05, 4.69) is 0 Å². The molecule has 0 bridgehead atoms. The molecule has 11 heavy (non-hydrogen) atoms. The van der Waals surface area contributed by atoms with Crippen LogP contribution in [0.3, 0.4) is 0 Å². The first kappa shape index (κ1) is 8.96. The van der Waals surface area contributed by atoms with Crippen molar-refractivity contribution in [1.82, 2.24) is 0 Å². The minimum atomic E-state index is -3.13. The highest BCUT2D eigenvalue weighted by atomic mass is 32.2. The Morgan fingerprint density at radius 3 is 1.55 bits per heavy atom. The van der Waals surface area contributed by atoms with Gasteiger partial charge in [-0.25, -0.2) is 13.6 Å². The smallest absolute Gasteiger partial charge is 0.211 e. The molecular weight excluding hydrogens is 166 g/mol. The Bertz CT molecular complexity index is 216. The lowest BCUT2D eigenvalue weighted by atomic mass is 10.9. The summed E-state index contributed by atoms with van der Waals surface area (Å²) in [5, 5.41) is 12.7. The van der Waals surface area contributed by atoms with Crippen LogP contribution in [-0.4, -0.2) is 24.9 Å². The second-order valence-corrected chi connectivity index (χ2v) is 4.86. The second-order valence-electron chi connectivity index (χ2n) is 3.02. The molecule has 5 heteroatoms. The van der Waals surface area contributed by atoms with Crippen LogP contribution >= 0.6 is 0 Å². The Balaban J connectivity index is 0.000000128. The van der Waals surface area contributed by atoms with Gasteiger partial charge in [-0.05, 0) is 25.7 Å². The van der Waals surface area contributed by atoms with Crippen molar-refractivity contribution in [2.45, 2.75) is 37.0 Å². The number of nitrogens with two attached hydrogens (primary N) is 1. The van der Waals surface area contributed by atoms with Crippen LogP contribution in [0.5, 0.6) is 0 Å². The first-order chi connectivity index (χ1) is 5.00. The molecule has 4 nitrogen and oxygen atoms in total. The molecule has 0 aromatic carbocycles. The third kappa shape index (κ3) is 4.34. The van der Waals surface area contributed by atoms with Gasteiger partial charge < -0.3 is 5.11 Å². The van der Waals surface area contributed by atoms with E-state index in [9.17, 15) is 8.42 Å². The van der Waals surface area contributed by atoms with Gasteiger partial charge in [0.05, 0.1) is 11.4 Å². The summed E-state index contributed by atoms with van der Waals surface area (Å²) in [6, 6.07) is 0. The molecule has 2 aliphatic rings. The van der Waals surface area contributed by atoms with Crippen LogP contribution < -0.4 is 5.14 Å². The standard InChI is InChI=1S/C3H7NO2S.C3H6O/c4-7(5,6)3-1-2-3;4-3-1-2-3/h3H,1-2H2,(H2,4,5,6);3-4H,1-2H2. The highest BCUT2D eigenvalue weighted by Crippen LogP contribution is 2.25. The summed E-state index contributed by atoms with van der Waals surface area (Å²) in [4.78, 5) is 0. The fraction of sp³-hybridized carbons (Fsp3) is 1.00. The monoisotopic (exact) mass is 179 g/mol. The molecule has 0 aliphatic heterocycles. The molecule has 0 amide bonds. The number of hydrogen-bond donors (Lipinski definition) is 2. The van der Waals surface area contributed by atoms with Gasteiger partial charge in [0, 0.05) is 0 Å².